The number of rotatable bonds is 2. The van der Waals surface area contributed by atoms with Crippen molar-refractivity contribution in [2.45, 2.75) is 18.2 Å². The van der Waals surface area contributed by atoms with E-state index in [1.165, 1.54) is 0 Å². The first-order chi connectivity index (χ1) is 6.91. The van der Waals surface area contributed by atoms with Crippen molar-refractivity contribution in [3.8, 4) is 0 Å². The largest absolute Gasteiger partial charge is 1.00 e. The molecule has 1 fully saturated rings. The summed E-state index contributed by atoms with van der Waals surface area (Å²) < 4.78 is 37.2. The van der Waals surface area contributed by atoms with Crippen LogP contribution in [0.5, 0.6) is 0 Å². The molecular weight excluding hydrogens is 247 g/mol. The third-order valence-electron chi connectivity index (χ3n) is 2.70. The lowest BCUT2D eigenvalue weighted by Gasteiger charge is -2.14. The third-order valence-corrected chi connectivity index (χ3v) is 3.35. The standard InChI is InChI=1S/C9H7BCl2F3/c11-7-2-1-3-8(12)9(7)5-4-6(5)10(13,14)15/h1-3,5-6H,4H2/q-1/p+1. The van der Waals surface area contributed by atoms with Gasteiger partial charge in [-0.15, -0.1) is 0 Å². The lowest BCUT2D eigenvalue weighted by Crippen LogP contribution is -2.15. The fourth-order valence-corrected chi connectivity index (χ4v) is 2.51. The van der Waals surface area contributed by atoms with Crippen molar-refractivity contribution < 1.29 is 14.4 Å². The maximum atomic E-state index is 12.4. The van der Waals surface area contributed by atoms with E-state index in [-0.39, 0.29) is 7.85 Å². The molecule has 0 bridgehead atoms. The normalized spacial score (nSPS) is 25.4. The molecule has 0 nitrogen and oxygen atoms in total. The minimum atomic E-state index is -4.77. The molecule has 1 aromatic rings. The maximum absolute atomic E-state index is 12.4. The van der Waals surface area contributed by atoms with Crippen LogP contribution in [0.1, 0.15) is 19.3 Å². The van der Waals surface area contributed by atoms with Gasteiger partial charge in [-0.25, -0.2) is 0 Å². The van der Waals surface area contributed by atoms with Gasteiger partial charge >= 0.3 is 8.40 Å². The molecule has 0 aliphatic heterocycles. The number of hydrogen-bond acceptors (Lipinski definition) is 0. The van der Waals surface area contributed by atoms with Crippen LogP contribution >= 0.6 is 23.2 Å². The Bertz CT molecular complexity index is 377. The predicted octanol–water partition coefficient (Wildman–Crippen LogP) is 4.81. The van der Waals surface area contributed by atoms with E-state index in [9.17, 15) is 12.9 Å². The van der Waals surface area contributed by atoms with Gasteiger partial charge in [0.1, 0.15) is 0 Å². The molecule has 15 heavy (non-hydrogen) atoms. The van der Waals surface area contributed by atoms with E-state index in [4.69, 9.17) is 23.2 Å². The molecule has 0 N–H and O–H groups in total. The van der Waals surface area contributed by atoms with Crippen molar-refractivity contribution in [3.05, 3.63) is 33.8 Å². The minimum Gasteiger partial charge on any atom is -0.449 e. The van der Waals surface area contributed by atoms with Gasteiger partial charge in [0.25, 0.3) is 0 Å². The van der Waals surface area contributed by atoms with Crippen LogP contribution in [0.15, 0.2) is 18.2 Å². The van der Waals surface area contributed by atoms with Crippen LogP contribution in [0.3, 0.4) is 0 Å². The molecule has 0 saturated heterocycles. The molecule has 0 heterocycles. The third kappa shape index (κ3) is 2.11. The summed E-state index contributed by atoms with van der Waals surface area (Å²) in [4.78, 5) is 0. The number of hydrogen-bond donors (Lipinski definition) is 0. The Morgan fingerprint density at radius 1 is 1.20 bits per heavy atom. The molecule has 1 aliphatic rings. The Balaban J connectivity index is 0.00000128. The summed E-state index contributed by atoms with van der Waals surface area (Å²) in [5.41, 5.74) is 0.449. The second-order valence-electron chi connectivity index (χ2n) is 3.77. The zero-order chi connectivity index (χ0) is 11.2. The molecule has 1 aliphatic carbocycles. The Morgan fingerprint density at radius 2 is 1.73 bits per heavy atom. The van der Waals surface area contributed by atoms with Crippen molar-refractivity contribution >= 4 is 30.2 Å². The molecule has 6 heteroatoms. The number of benzene rings is 1. The van der Waals surface area contributed by atoms with Crippen molar-refractivity contribution in [2.24, 2.45) is 0 Å². The van der Waals surface area contributed by atoms with Gasteiger partial charge in [-0.2, -0.15) is 0 Å². The Labute approximate surface area is 96.9 Å². The molecule has 0 spiro atoms. The first kappa shape index (κ1) is 11.1. The maximum Gasteiger partial charge on any atom is 1.00 e. The van der Waals surface area contributed by atoms with Gasteiger partial charge in [0.05, 0.1) is 0 Å². The molecule has 2 rings (SSSR count). The second kappa shape index (κ2) is 3.60. The van der Waals surface area contributed by atoms with Crippen LogP contribution in [0.2, 0.25) is 15.9 Å². The van der Waals surface area contributed by atoms with Crippen molar-refractivity contribution in [1.29, 1.82) is 0 Å². The molecule has 2 atom stereocenters. The van der Waals surface area contributed by atoms with Gasteiger partial charge < -0.3 is 12.9 Å². The SMILES string of the molecule is F[B-](F)(F)C1CC1c1c(Cl)cccc1Cl.[H+]. The second-order valence-corrected chi connectivity index (χ2v) is 4.58. The van der Waals surface area contributed by atoms with Crippen molar-refractivity contribution in [1.82, 2.24) is 0 Å². The zero-order valence-electron chi connectivity index (χ0n) is 8.56. The van der Waals surface area contributed by atoms with Crippen molar-refractivity contribution in [2.75, 3.05) is 0 Å². The Hall–Kier alpha value is -0.345. The van der Waals surface area contributed by atoms with E-state index in [1.807, 2.05) is 0 Å². The molecule has 0 aromatic heterocycles. The zero-order valence-corrected chi connectivity index (χ0v) is 9.07. The Morgan fingerprint density at radius 3 is 2.13 bits per heavy atom. The molecule has 82 valence electrons. The highest BCUT2D eigenvalue weighted by Crippen LogP contribution is 2.61. The predicted molar refractivity (Wildman–Crippen MR) is 57.8 cm³/mol. The molecule has 0 amide bonds. The topological polar surface area (TPSA) is 0 Å². The smallest absolute Gasteiger partial charge is 0.449 e. The van der Waals surface area contributed by atoms with Crippen LogP contribution in [-0.4, -0.2) is 6.98 Å². The summed E-state index contributed by atoms with van der Waals surface area (Å²) in [5, 5.41) is 0.658. The molecule has 0 radical (unpaired) electrons. The van der Waals surface area contributed by atoms with Crippen LogP contribution < -0.4 is 0 Å². The van der Waals surface area contributed by atoms with E-state index < -0.39 is 18.7 Å². The summed E-state index contributed by atoms with van der Waals surface area (Å²) in [6.45, 7) is -4.77. The van der Waals surface area contributed by atoms with Gasteiger partial charge in [-0.05, 0) is 23.6 Å². The van der Waals surface area contributed by atoms with E-state index in [0.29, 0.717) is 15.6 Å². The summed E-state index contributed by atoms with van der Waals surface area (Å²) in [7, 11) is 0. The Kier molecular flexibility index (Phi) is 2.67. The highest BCUT2D eigenvalue weighted by Gasteiger charge is 2.52. The van der Waals surface area contributed by atoms with Crippen molar-refractivity contribution in [3.63, 3.8) is 0 Å². The summed E-state index contributed by atoms with van der Waals surface area (Å²) in [6.07, 6.45) is 0.118. The average Bonchev–Trinajstić information content (AvgIpc) is 2.82. The summed E-state index contributed by atoms with van der Waals surface area (Å²) in [5.74, 6) is -1.76. The monoisotopic (exact) mass is 254 g/mol. The first-order valence-corrected chi connectivity index (χ1v) is 5.30. The van der Waals surface area contributed by atoms with E-state index in [0.717, 1.165) is 0 Å². The first-order valence-electron chi connectivity index (χ1n) is 4.55. The van der Waals surface area contributed by atoms with Crippen LogP contribution in [0.4, 0.5) is 12.9 Å². The lowest BCUT2D eigenvalue weighted by atomic mass is 9.81. The van der Waals surface area contributed by atoms with Crippen LogP contribution in [0.25, 0.3) is 0 Å². The molecule has 1 aromatic carbocycles. The van der Waals surface area contributed by atoms with E-state index in [1.54, 1.807) is 18.2 Å². The summed E-state index contributed by atoms with van der Waals surface area (Å²) >= 11 is 11.7. The fourth-order valence-electron chi connectivity index (χ4n) is 1.83. The van der Waals surface area contributed by atoms with E-state index in [2.05, 4.69) is 0 Å². The quantitative estimate of drug-likeness (QED) is 0.665. The van der Waals surface area contributed by atoms with Gasteiger partial charge in [-0.3, -0.25) is 0 Å². The van der Waals surface area contributed by atoms with Crippen LogP contribution in [0, 0.1) is 0 Å². The fraction of sp³-hybridized carbons (Fsp3) is 0.333. The highest BCUT2D eigenvalue weighted by molar-refractivity contribution is 6.61. The van der Waals surface area contributed by atoms with Gasteiger partial charge in [0, 0.05) is 10.0 Å². The van der Waals surface area contributed by atoms with Crippen LogP contribution in [-0.2, 0) is 0 Å². The van der Waals surface area contributed by atoms with Gasteiger partial charge in [-0.1, -0.05) is 41.5 Å². The van der Waals surface area contributed by atoms with Gasteiger partial charge in [0.15, 0.2) is 0 Å². The molecular formula is C9H8BCl2F3. The highest BCUT2D eigenvalue weighted by atomic mass is 35.5. The number of halogens is 5. The molecule has 1 saturated carbocycles. The molecule has 2 unspecified atom stereocenters. The van der Waals surface area contributed by atoms with Gasteiger partial charge in [0.2, 0.25) is 0 Å². The van der Waals surface area contributed by atoms with E-state index >= 15 is 0 Å². The minimum absolute atomic E-state index is 0. The lowest BCUT2D eigenvalue weighted by molar-refractivity contribution is 0.463. The average molecular weight is 255 g/mol. The summed E-state index contributed by atoms with van der Waals surface area (Å²) in [6, 6.07) is 4.77.